The summed E-state index contributed by atoms with van der Waals surface area (Å²) >= 11 is 0. The van der Waals surface area contributed by atoms with E-state index in [4.69, 9.17) is 0 Å². The predicted octanol–water partition coefficient (Wildman–Crippen LogP) is 4.76. The Morgan fingerprint density at radius 1 is 0.967 bits per heavy atom. The summed E-state index contributed by atoms with van der Waals surface area (Å²) in [6.45, 7) is 1.78. The molecule has 10 heteroatoms. The van der Waals surface area contributed by atoms with Gasteiger partial charge in [-0.1, -0.05) is 24.3 Å². The first-order valence-electron chi connectivity index (χ1n) is 8.85. The zero-order valence-corrected chi connectivity index (χ0v) is 15.6. The van der Waals surface area contributed by atoms with Gasteiger partial charge in [0.25, 0.3) is 0 Å². The van der Waals surface area contributed by atoms with Crippen molar-refractivity contribution in [1.82, 2.24) is 19.8 Å². The van der Waals surface area contributed by atoms with Gasteiger partial charge in [0.05, 0.1) is 16.9 Å². The molecule has 2 heterocycles. The third kappa shape index (κ3) is 3.93. The summed E-state index contributed by atoms with van der Waals surface area (Å²) in [5, 5.41) is 17.2. The van der Waals surface area contributed by atoms with Crippen LogP contribution in [0.4, 0.5) is 29.3 Å². The van der Waals surface area contributed by atoms with E-state index in [9.17, 15) is 18.0 Å². The van der Waals surface area contributed by atoms with Gasteiger partial charge in [-0.2, -0.15) is 22.8 Å². The van der Waals surface area contributed by atoms with Gasteiger partial charge in [0.1, 0.15) is 0 Å². The van der Waals surface area contributed by atoms with Crippen LogP contribution in [0.2, 0.25) is 0 Å². The molecule has 2 aromatic carbocycles. The standard InChI is InChI=1S/C20H15F3N6O/c1-12-26-27-18-10-9-16(28-29(12)18)13-5-4-6-14(11-13)24-19(30)25-17-8-3-2-7-15(17)20(21,22)23/h2-11H,1H3,(H2,24,25,30). The number of benzene rings is 2. The second-order valence-electron chi connectivity index (χ2n) is 6.44. The summed E-state index contributed by atoms with van der Waals surface area (Å²) in [6, 6.07) is 14.3. The van der Waals surface area contributed by atoms with E-state index < -0.39 is 17.8 Å². The van der Waals surface area contributed by atoms with Crippen LogP contribution in [0.1, 0.15) is 11.4 Å². The van der Waals surface area contributed by atoms with Crippen molar-refractivity contribution < 1.29 is 18.0 Å². The Morgan fingerprint density at radius 3 is 2.57 bits per heavy atom. The first kappa shape index (κ1) is 19.4. The fraction of sp³-hybridized carbons (Fsp3) is 0.100. The van der Waals surface area contributed by atoms with Crippen LogP contribution in [0, 0.1) is 6.92 Å². The van der Waals surface area contributed by atoms with Gasteiger partial charge in [-0.3, -0.25) is 0 Å². The van der Waals surface area contributed by atoms with Crippen LogP contribution in [0.15, 0.2) is 60.7 Å². The van der Waals surface area contributed by atoms with Crippen molar-refractivity contribution in [3.63, 3.8) is 0 Å². The number of para-hydroxylation sites is 1. The minimum absolute atomic E-state index is 0.325. The molecule has 2 amide bonds. The molecule has 0 atom stereocenters. The second kappa shape index (κ2) is 7.47. The number of nitrogens with zero attached hydrogens (tertiary/aromatic N) is 4. The molecule has 0 radical (unpaired) electrons. The smallest absolute Gasteiger partial charge is 0.308 e. The molecule has 0 spiro atoms. The van der Waals surface area contributed by atoms with Crippen LogP contribution in [0.5, 0.6) is 0 Å². The molecule has 0 unspecified atom stereocenters. The monoisotopic (exact) mass is 412 g/mol. The topological polar surface area (TPSA) is 84.2 Å². The van der Waals surface area contributed by atoms with Gasteiger partial charge in [0.2, 0.25) is 0 Å². The van der Waals surface area contributed by atoms with Gasteiger partial charge >= 0.3 is 12.2 Å². The molecule has 0 saturated heterocycles. The number of halogens is 3. The molecule has 7 nitrogen and oxygen atoms in total. The Morgan fingerprint density at radius 2 is 1.77 bits per heavy atom. The molecule has 0 saturated carbocycles. The third-order valence-corrected chi connectivity index (χ3v) is 4.32. The highest BCUT2D eigenvalue weighted by Crippen LogP contribution is 2.34. The summed E-state index contributed by atoms with van der Waals surface area (Å²) in [5.74, 6) is 0.629. The number of alkyl halides is 3. The van der Waals surface area contributed by atoms with Crippen molar-refractivity contribution in [3.05, 3.63) is 72.1 Å². The van der Waals surface area contributed by atoms with Gasteiger partial charge in [-0.25, -0.2) is 4.79 Å². The molecule has 4 aromatic rings. The van der Waals surface area contributed by atoms with E-state index in [-0.39, 0.29) is 5.69 Å². The summed E-state index contributed by atoms with van der Waals surface area (Å²) < 4.78 is 40.9. The molecule has 30 heavy (non-hydrogen) atoms. The molecule has 0 aliphatic rings. The van der Waals surface area contributed by atoms with Crippen molar-refractivity contribution in [2.24, 2.45) is 0 Å². The summed E-state index contributed by atoms with van der Waals surface area (Å²) in [4.78, 5) is 12.3. The highest BCUT2D eigenvalue weighted by atomic mass is 19.4. The number of urea groups is 1. The first-order valence-corrected chi connectivity index (χ1v) is 8.85. The van der Waals surface area contributed by atoms with Gasteiger partial charge in [-0.05, 0) is 43.3 Å². The average molecular weight is 412 g/mol. The molecule has 0 bridgehead atoms. The number of fused-ring (bicyclic) bond motifs is 1. The number of anilines is 2. The quantitative estimate of drug-likeness (QED) is 0.508. The molecular weight excluding hydrogens is 397 g/mol. The lowest BCUT2D eigenvalue weighted by Gasteiger charge is -2.14. The van der Waals surface area contributed by atoms with Crippen LogP contribution < -0.4 is 10.6 Å². The molecule has 2 aromatic heterocycles. The number of hydrogen-bond acceptors (Lipinski definition) is 4. The SMILES string of the molecule is Cc1nnc2ccc(-c3cccc(NC(=O)Nc4ccccc4C(F)(F)F)c3)nn12. The number of amides is 2. The Hall–Kier alpha value is -3.95. The number of aromatic nitrogens is 4. The molecule has 2 N–H and O–H groups in total. The maximum absolute atomic E-state index is 13.1. The number of rotatable bonds is 3. The number of hydrogen-bond donors (Lipinski definition) is 2. The fourth-order valence-corrected chi connectivity index (χ4v) is 2.93. The molecule has 152 valence electrons. The molecular formula is C20H15F3N6O. The summed E-state index contributed by atoms with van der Waals surface area (Å²) in [5.41, 5.74) is 1.09. The minimum Gasteiger partial charge on any atom is -0.308 e. The zero-order valence-electron chi connectivity index (χ0n) is 15.6. The van der Waals surface area contributed by atoms with E-state index in [1.165, 1.54) is 18.2 Å². The number of carbonyl (C=O) groups excluding carboxylic acids is 1. The Kier molecular flexibility index (Phi) is 4.82. The van der Waals surface area contributed by atoms with Gasteiger partial charge < -0.3 is 10.6 Å². The van der Waals surface area contributed by atoms with Crippen molar-refractivity contribution in [3.8, 4) is 11.3 Å². The van der Waals surface area contributed by atoms with Crippen LogP contribution in [0.25, 0.3) is 16.9 Å². The van der Waals surface area contributed by atoms with Crippen molar-refractivity contribution in [2.75, 3.05) is 10.6 Å². The van der Waals surface area contributed by atoms with E-state index in [1.54, 1.807) is 47.8 Å². The summed E-state index contributed by atoms with van der Waals surface area (Å²) in [7, 11) is 0. The van der Waals surface area contributed by atoms with Crippen LogP contribution in [-0.4, -0.2) is 25.8 Å². The number of aryl methyl sites for hydroxylation is 1. The highest BCUT2D eigenvalue weighted by Gasteiger charge is 2.33. The van der Waals surface area contributed by atoms with E-state index >= 15 is 0 Å². The highest BCUT2D eigenvalue weighted by molar-refractivity contribution is 6.00. The maximum atomic E-state index is 13.1. The number of carbonyl (C=O) groups is 1. The predicted molar refractivity (Wildman–Crippen MR) is 105 cm³/mol. The summed E-state index contributed by atoms with van der Waals surface area (Å²) in [6.07, 6.45) is -4.57. The van der Waals surface area contributed by atoms with Gasteiger partial charge in [0, 0.05) is 11.3 Å². The maximum Gasteiger partial charge on any atom is 0.418 e. The van der Waals surface area contributed by atoms with E-state index in [0.717, 1.165) is 6.07 Å². The molecule has 0 aliphatic heterocycles. The Labute approximate surface area is 168 Å². The van der Waals surface area contributed by atoms with E-state index in [2.05, 4.69) is 25.9 Å². The van der Waals surface area contributed by atoms with Gasteiger partial charge in [-0.15, -0.1) is 10.2 Å². The number of nitrogens with one attached hydrogen (secondary N) is 2. The van der Waals surface area contributed by atoms with E-state index in [1.807, 2.05) is 0 Å². The minimum atomic E-state index is -4.57. The van der Waals surface area contributed by atoms with E-state index in [0.29, 0.717) is 28.4 Å². The zero-order chi connectivity index (χ0) is 21.3. The first-order chi connectivity index (χ1) is 14.3. The fourth-order valence-electron chi connectivity index (χ4n) is 2.93. The average Bonchev–Trinajstić information content (AvgIpc) is 3.08. The Bertz CT molecular complexity index is 1230. The second-order valence-corrected chi connectivity index (χ2v) is 6.44. The van der Waals surface area contributed by atoms with Gasteiger partial charge in [0.15, 0.2) is 11.5 Å². The van der Waals surface area contributed by atoms with Crippen molar-refractivity contribution in [2.45, 2.75) is 13.1 Å². The van der Waals surface area contributed by atoms with Crippen molar-refractivity contribution in [1.29, 1.82) is 0 Å². The lowest BCUT2D eigenvalue weighted by Crippen LogP contribution is -2.21. The largest absolute Gasteiger partial charge is 0.418 e. The lowest BCUT2D eigenvalue weighted by molar-refractivity contribution is -0.136. The van der Waals surface area contributed by atoms with Crippen molar-refractivity contribution >= 4 is 23.1 Å². The normalized spacial score (nSPS) is 11.5. The Balaban J connectivity index is 1.55. The third-order valence-electron chi connectivity index (χ3n) is 4.32. The molecule has 4 rings (SSSR count). The lowest BCUT2D eigenvalue weighted by atomic mass is 10.1. The van der Waals surface area contributed by atoms with Crippen LogP contribution in [0.3, 0.4) is 0 Å². The molecule has 0 aliphatic carbocycles. The molecule has 0 fully saturated rings. The van der Waals surface area contributed by atoms with Crippen LogP contribution >= 0.6 is 0 Å². The van der Waals surface area contributed by atoms with Crippen LogP contribution in [-0.2, 0) is 6.18 Å².